The van der Waals surface area contributed by atoms with Gasteiger partial charge < -0.3 is 15.4 Å². The molecular formula is C20H27IN4OS. The van der Waals surface area contributed by atoms with Crippen molar-refractivity contribution in [3.63, 3.8) is 0 Å². The van der Waals surface area contributed by atoms with E-state index in [1.807, 2.05) is 30.0 Å². The van der Waals surface area contributed by atoms with Gasteiger partial charge in [-0.1, -0.05) is 24.3 Å². The fourth-order valence-corrected chi connectivity index (χ4v) is 3.84. The van der Waals surface area contributed by atoms with Crippen LogP contribution in [-0.2, 0) is 6.54 Å². The summed E-state index contributed by atoms with van der Waals surface area (Å²) >= 11 is 1.96. The Kier molecular flexibility index (Phi) is 8.69. The van der Waals surface area contributed by atoms with Gasteiger partial charge in [-0.2, -0.15) is 0 Å². The van der Waals surface area contributed by atoms with Gasteiger partial charge in [-0.05, 0) is 38.0 Å². The number of rotatable bonds is 8. The monoisotopic (exact) mass is 498 g/mol. The predicted molar refractivity (Wildman–Crippen MR) is 123 cm³/mol. The number of ether oxygens (including phenoxy) is 1. The van der Waals surface area contributed by atoms with Crippen molar-refractivity contribution >= 4 is 41.7 Å². The summed E-state index contributed by atoms with van der Waals surface area (Å²) in [7, 11) is 1.63. The summed E-state index contributed by atoms with van der Waals surface area (Å²) in [4.78, 5) is 10.4. The van der Waals surface area contributed by atoms with Gasteiger partial charge in [-0.3, -0.25) is 0 Å². The first-order chi connectivity index (χ1) is 12.7. The molecule has 1 fully saturated rings. The van der Waals surface area contributed by atoms with E-state index in [0.29, 0.717) is 12.4 Å². The average molecular weight is 498 g/mol. The molecule has 1 heterocycles. The van der Waals surface area contributed by atoms with Crippen molar-refractivity contribution in [2.24, 2.45) is 4.99 Å². The summed E-state index contributed by atoms with van der Waals surface area (Å²) < 4.78 is 5.46. The summed E-state index contributed by atoms with van der Waals surface area (Å²) in [6.45, 7) is 4.33. The second-order valence-electron chi connectivity index (χ2n) is 6.32. The fourth-order valence-electron chi connectivity index (χ4n) is 2.60. The molecule has 7 heteroatoms. The van der Waals surface area contributed by atoms with Gasteiger partial charge in [0.25, 0.3) is 0 Å². The number of nitrogens with zero attached hydrogens (tertiary/aromatic N) is 2. The van der Waals surface area contributed by atoms with Gasteiger partial charge in [0, 0.05) is 28.8 Å². The van der Waals surface area contributed by atoms with Crippen LogP contribution in [0.25, 0.3) is 0 Å². The minimum atomic E-state index is 0. The van der Waals surface area contributed by atoms with Crippen LogP contribution in [0.3, 0.4) is 0 Å². The van der Waals surface area contributed by atoms with Gasteiger partial charge >= 0.3 is 0 Å². The van der Waals surface area contributed by atoms with Crippen LogP contribution in [0.15, 0.2) is 58.4 Å². The molecule has 0 atom stereocenters. The number of guanidine groups is 1. The Balaban J connectivity index is 0.00000261. The van der Waals surface area contributed by atoms with Crippen LogP contribution in [0, 0.1) is 0 Å². The first-order valence-electron chi connectivity index (χ1n) is 8.99. The molecule has 0 saturated heterocycles. The molecule has 2 N–H and O–H groups in total. The maximum absolute atomic E-state index is 5.17. The van der Waals surface area contributed by atoms with Gasteiger partial charge in [0.15, 0.2) is 5.96 Å². The number of pyridine rings is 1. The van der Waals surface area contributed by atoms with Gasteiger partial charge in [0.1, 0.15) is 0 Å². The molecule has 0 aliphatic heterocycles. The predicted octanol–water partition coefficient (Wildman–Crippen LogP) is 4.09. The lowest BCUT2D eigenvalue weighted by molar-refractivity contribution is 0.396. The number of aromatic nitrogens is 1. The van der Waals surface area contributed by atoms with Crippen molar-refractivity contribution in [1.29, 1.82) is 0 Å². The first-order valence-corrected chi connectivity index (χ1v) is 9.81. The maximum Gasteiger partial charge on any atom is 0.213 e. The van der Waals surface area contributed by atoms with Crippen LogP contribution in [0.2, 0.25) is 0 Å². The molecule has 0 amide bonds. The van der Waals surface area contributed by atoms with Crippen LogP contribution in [0.5, 0.6) is 5.88 Å². The number of nitrogens with one attached hydrogen (secondary N) is 2. The molecule has 0 radical (unpaired) electrons. The van der Waals surface area contributed by atoms with E-state index in [1.54, 1.807) is 7.11 Å². The Labute approximate surface area is 182 Å². The third-order valence-corrected chi connectivity index (χ3v) is 5.69. The molecule has 146 valence electrons. The number of halogens is 1. The van der Waals surface area contributed by atoms with E-state index in [4.69, 9.17) is 4.74 Å². The third-order valence-electron chi connectivity index (χ3n) is 4.20. The molecule has 27 heavy (non-hydrogen) atoms. The number of benzene rings is 1. The van der Waals surface area contributed by atoms with Crippen molar-refractivity contribution in [3.05, 3.63) is 54.2 Å². The summed E-state index contributed by atoms with van der Waals surface area (Å²) in [5, 5.41) is 6.82. The smallest absolute Gasteiger partial charge is 0.213 e. The SMILES string of the molecule is CCNC(=NCc1cccc(OC)n1)NCC1(Sc2ccccc2)CC1.I. The molecule has 1 saturated carbocycles. The zero-order valence-electron chi connectivity index (χ0n) is 15.8. The molecule has 3 rings (SSSR count). The zero-order chi connectivity index (χ0) is 18.2. The number of aliphatic imine (C=N–C) groups is 1. The van der Waals surface area contributed by atoms with E-state index in [9.17, 15) is 0 Å². The Morgan fingerprint density at radius 3 is 2.59 bits per heavy atom. The summed E-state index contributed by atoms with van der Waals surface area (Å²) in [5.74, 6) is 1.45. The zero-order valence-corrected chi connectivity index (χ0v) is 18.9. The highest BCUT2D eigenvalue weighted by molar-refractivity contribution is 14.0. The molecule has 1 aliphatic rings. The second-order valence-corrected chi connectivity index (χ2v) is 7.86. The highest BCUT2D eigenvalue weighted by Crippen LogP contribution is 2.51. The van der Waals surface area contributed by atoms with Gasteiger partial charge in [0.2, 0.25) is 5.88 Å². The molecule has 1 aromatic heterocycles. The number of thioether (sulfide) groups is 1. The maximum atomic E-state index is 5.17. The van der Waals surface area contributed by atoms with Crippen LogP contribution >= 0.6 is 35.7 Å². The summed E-state index contributed by atoms with van der Waals surface area (Å²) in [6, 6.07) is 16.3. The van der Waals surface area contributed by atoms with Crippen LogP contribution < -0.4 is 15.4 Å². The normalized spacial score (nSPS) is 14.8. The van der Waals surface area contributed by atoms with Gasteiger partial charge in [0.05, 0.1) is 19.3 Å². The molecule has 0 unspecified atom stereocenters. The highest BCUT2D eigenvalue weighted by atomic mass is 127. The minimum absolute atomic E-state index is 0. The van der Waals surface area contributed by atoms with E-state index in [0.717, 1.165) is 24.7 Å². The summed E-state index contributed by atoms with van der Waals surface area (Å²) in [5.41, 5.74) is 0.890. The van der Waals surface area contributed by atoms with Crippen molar-refractivity contribution in [3.8, 4) is 5.88 Å². The minimum Gasteiger partial charge on any atom is -0.481 e. The Morgan fingerprint density at radius 2 is 1.93 bits per heavy atom. The van der Waals surface area contributed by atoms with Crippen molar-refractivity contribution in [1.82, 2.24) is 15.6 Å². The molecule has 2 aromatic rings. The van der Waals surface area contributed by atoms with Crippen LogP contribution in [0.1, 0.15) is 25.5 Å². The fraction of sp³-hybridized carbons (Fsp3) is 0.400. The third kappa shape index (κ3) is 6.88. The number of hydrogen-bond acceptors (Lipinski definition) is 4. The largest absolute Gasteiger partial charge is 0.481 e. The Morgan fingerprint density at radius 1 is 1.15 bits per heavy atom. The van der Waals surface area contributed by atoms with E-state index in [1.165, 1.54) is 17.7 Å². The molecule has 1 aliphatic carbocycles. The highest BCUT2D eigenvalue weighted by Gasteiger charge is 2.43. The standard InChI is InChI=1S/C20H26N4OS.HI/c1-3-21-19(22-14-16-8-7-11-18(24-16)25-2)23-15-20(12-13-20)26-17-9-5-4-6-10-17;/h4-11H,3,12-15H2,1-2H3,(H2,21,22,23);1H. The van der Waals surface area contributed by atoms with E-state index in [2.05, 4.69) is 57.9 Å². The number of methoxy groups -OCH3 is 1. The topological polar surface area (TPSA) is 58.5 Å². The van der Waals surface area contributed by atoms with Gasteiger partial charge in [-0.25, -0.2) is 9.98 Å². The van der Waals surface area contributed by atoms with Crippen molar-refractivity contribution in [2.45, 2.75) is 36.0 Å². The van der Waals surface area contributed by atoms with E-state index >= 15 is 0 Å². The van der Waals surface area contributed by atoms with Crippen molar-refractivity contribution < 1.29 is 4.74 Å². The quantitative estimate of drug-likeness (QED) is 0.326. The lowest BCUT2D eigenvalue weighted by Gasteiger charge is -2.18. The molecule has 0 bridgehead atoms. The first kappa shape index (κ1) is 21.8. The van der Waals surface area contributed by atoms with E-state index in [-0.39, 0.29) is 28.7 Å². The Bertz CT molecular complexity index is 738. The summed E-state index contributed by atoms with van der Waals surface area (Å²) in [6.07, 6.45) is 2.47. The van der Waals surface area contributed by atoms with Crippen molar-refractivity contribution in [2.75, 3.05) is 20.2 Å². The van der Waals surface area contributed by atoms with Crippen LogP contribution in [0.4, 0.5) is 0 Å². The lowest BCUT2D eigenvalue weighted by atomic mass is 10.3. The molecule has 5 nitrogen and oxygen atoms in total. The Hall–Kier alpha value is -1.48. The number of hydrogen-bond donors (Lipinski definition) is 2. The van der Waals surface area contributed by atoms with Gasteiger partial charge in [-0.15, -0.1) is 35.7 Å². The van der Waals surface area contributed by atoms with E-state index < -0.39 is 0 Å². The molecule has 1 aromatic carbocycles. The van der Waals surface area contributed by atoms with Crippen LogP contribution in [-0.4, -0.2) is 35.9 Å². The second kappa shape index (κ2) is 10.8. The average Bonchev–Trinajstić information content (AvgIpc) is 3.44. The molecular weight excluding hydrogens is 471 g/mol. The lowest BCUT2D eigenvalue weighted by Crippen LogP contribution is -2.41. The molecule has 0 spiro atoms.